The third kappa shape index (κ3) is 5.94. The van der Waals surface area contributed by atoms with Gasteiger partial charge < -0.3 is 18.9 Å². The summed E-state index contributed by atoms with van der Waals surface area (Å²) in [6.45, 7) is 13.9. The minimum atomic E-state index is -1.46. The van der Waals surface area contributed by atoms with Crippen LogP contribution in [0.25, 0.3) is 0 Å². The van der Waals surface area contributed by atoms with Gasteiger partial charge in [0.15, 0.2) is 10.8 Å². The molecule has 38 heavy (non-hydrogen) atoms. The monoisotopic (exact) mass is 528 g/mol. The zero-order valence-corrected chi connectivity index (χ0v) is 23.7. The van der Waals surface area contributed by atoms with Crippen LogP contribution in [0.15, 0.2) is 46.6 Å². The number of esters is 4. The molecule has 0 unspecified atom stereocenters. The molecule has 0 aromatic heterocycles. The molecule has 0 amide bonds. The highest BCUT2D eigenvalue weighted by atomic mass is 16.6. The molecule has 208 valence electrons. The molecule has 0 aromatic rings. The molecule has 0 N–H and O–H groups in total. The van der Waals surface area contributed by atoms with E-state index in [9.17, 15) is 19.2 Å². The van der Waals surface area contributed by atoms with Crippen molar-refractivity contribution in [3.8, 4) is 0 Å². The molecule has 3 aliphatic rings. The number of hydrogen-bond acceptors (Lipinski definition) is 8. The molecule has 0 atom stereocenters. The van der Waals surface area contributed by atoms with E-state index in [0.717, 1.165) is 22.3 Å². The minimum Gasteiger partial charge on any atom is -0.462 e. The number of rotatable bonds is 8. The smallest absolute Gasteiger partial charge is 0.324 e. The van der Waals surface area contributed by atoms with E-state index in [-0.39, 0.29) is 50.1 Å². The summed E-state index contributed by atoms with van der Waals surface area (Å²) in [5.74, 6) is -2.39. The van der Waals surface area contributed by atoms with Crippen LogP contribution in [0, 0.1) is 10.8 Å². The summed E-state index contributed by atoms with van der Waals surface area (Å²) in [6, 6.07) is 0. The normalized spacial score (nSPS) is 21.2. The van der Waals surface area contributed by atoms with Gasteiger partial charge in [0, 0.05) is 0 Å². The van der Waals surface area contributed by atoms with Gasteiger partial charge in [0.2, 0.25) is 0 Å². The highest BCUT2D eigenvalue weighted by molar-refractivity contribution is 6.03. The Bertz CT molecular complexity index is 941. The molecular weight excluding hydrogens is 488 g/mol. The first-order valence-electron chi connectivity index (χ1n) is 13.3. The Kier molecular flexibility index (Phi) is 8.74. The average Bonchev–Trinajstić information content (AvgIpc) is 3.33. The molecule has 0 saturated carbocycles. The predicted molar refractivity (Wildman–Crippen MR) is 141 cm³/mol. The molecule has 0 fully saturated rings. The van der Waals surface area contributed by atoms with Crippen LogP contribution in [-0.4, -0.2) is 48.3 Å². The number of carbonyl (C=O) groups excluding carboxylic acids is 4. The summed E-state index contributed by atoms with van der Waals surface area (Å²) >= 11 is 0. The Morgan fingerprint density at radius 3 is 0.816 bits per heavy atom. The maximum atomic E-state index is 13.2. The molecule has 0 saturated heterocycles. The van der Waals surface area contributed by atoms with E-state index in [0.29, 0.717) is 0 Å². The first-order chi connectivity index (χ1) is 17.7. The van der Waals surface area contributed by atoms with Gasteiger partial charge in [0.25, 0.3) is 0 Å². The van der Waals surface area contributed by atoms with Gasteiger partial charge in [-0.25, -0.2) is 0 Å². The lowest BCUT2D eigenvalue weighted by Crippen LogP contribution is -2.42. The van der Waals surface area contributed by atoms with Crippen LogP contribution in [0.4, 0.5) is 0 Å². The van der Waals surface area contributed by atoms with E-state index in [1.165, 1.54) is 0 Å². The van der Waals surface area contributed by atoms with Gasteiger partial charge >= 0.3 is 23.9 Å². The van der Waals surface area contributed by atoms with Crippen LogP contribution in [0.3, 0.4) is 0 Å². The third-order valence-electron chi connectivity index (χ3n) is 6.70. The Morgan fingerprint density at radius 1 is 0.474 bits per heavy atom. The van der Waals surface area contributed by atoms with Gasteiger partial charge in [-0.15, -0.1) is 0 Å². The van der Waals surface area contributed by atoms with Gasteiger partial charge in [-0.1, -0.05) is 24.3 Å². The van der Waals surface area contributed by atoms with Crippen molar-refractivity contribution < 1.29 is 38.1 Å². The Balaban J connectivity index is 1.92. The molecule has 0 aromatic carbocycles. The number of allylic oxidation sites excluding steroid dienone is 8. The largest absolute Gasteiger partial charge is 0.462 e. The molecule has 0 radical (unpaired) electrons. The molecule has 0 bridgehead atoms. The Labute approximate surface area is 225 Å². The lowest BCUT2D eigenvalue weighted by Gasteiger charge is -2.27. The summed E-state index contributed by atoms with van der Waals surface area (Å²) in [5, 5.41) is 0. The van der Waals surface area contributed by atoms with Crippen molar-refractivity contribution in [3.63, 3.8) is 0 Å². The molecule has 3 rings (SSSR count). The molecular formula is C30H40O8. The van der Waals surface area contributed by atoms with Crippen LogP contribution < -0.4 is 0 Å². The van der Waals surface area contributed by atoms with E-state index in [1.807, 2.05) is 24.3 Å². The second kappa shape index (κ2) is 11.3. The fourth-order valence-electron chi connectivity index (χ4n) is 5.00. The second-order valence-electron chi connectivity index (χ2n) is 11.5. The summed E-state index contributed by atoms with van der Waals surface area (Å²) in [5.41, 5.74) is 0.299. The van der Waals surface area contributed by atoms with Gasteiger partial charge in [0.05, 0.1) is 24.4 Å². The van der Waals surface area contributed by atoms with Crippen LogP contribution in [0.5, 0.6) is 0 Å². The van der Waals surface area contributed by atoms with E-state index >= 15 is 0 Å². The first-order valence-corrected chi connectivity index (χ1v) is 13.3. The van der Waals surface area contributed by atoms with Crippen molar-refractivity contribution in [2.24, 2.45) is 10.8 Å². The fourth-order valence-corrected chi connectivity index (χ4v) is 5.00. The van der Waals surface area contributed by atoms with Crippen molar-refractivity contribution in [2.75, 3.05) is 0 Å². The summed E-state index contributed by atoms with van der Waals surface area (Å²) in [6.07, 6.45) is 6.47. The predicted octanol–water partition coefficient (Wildman–Crippen LogP) is 5.07. The summed E-state index contributed by atoms with van der Waals surface area (Å²) in [7, 11) is 0. The van der Waals surface area contributed by atoms with Crippen LogP contribution >= 0.6 is 0 Å². The lowest BCUT2D eigenvalue weighted by molar-refractivity contribution is -0.178. The van der Waals surface area contributed by atoms with E-state index in [4.69, 9.17) is 18.9 Å². The molecule has 8 nitrogen and oxygen atoms in total. The minimum absolute atomic E-state index is 0.138. The Morgan fingerprint density at radius 2 is 0.658 bits per heavy atom. The Hall–Kier alpha value is -3.16. The van der Waals surface area contributed by atoms with Crippen molar-refractivity contribution in [1.82, 2.24) is 0 Å². The lowest BCUT2D eigenvalue weighted by atomic mass is 9.82. The maximum absolute atomic E-state index is 13.2. The van der Waals surface area contributed by atoms with Gasteiger partial charge in [0.1, 0.15) is 0 Å². The number of hydrogen-bond donors (Lipinski definition) is 0. The van der Waals surface area contributed by atoms with Crippen LogP contribution in [0.1, 0.15) is 81.1 Å². The van der Waals surface area contributed by atoms with Gasteiger partial charge in [-0.2, -0.15) is 0 Å². The molecule has 0 aliphatic heterocycles. The molecule has 8 heteroatoms. The van der Waals surface area contributed by atoms with E-state index in [1.54, 1.807) is 55.4 Å². The number of carbonyl (C=O) groups is 4. The first kappa shape index (κ1) is 29.4. The van der Waals surface area contributed by atoms with Gasteiger partial charge in [-0.05, 0) is 103 Å². The summed E-state index contributed by atoms with van der Waals surface area (Å²) < 4.78 is 22.0. The third-order valence-corrected chi connectivity index (χ3v) is 6.70. The molecule has 0 spiro atoms. The maximum Gasteiger partial charge on any atom is 0.324 e. The topological polar surface area (TPSA) is 105 Å². The highest BCUT2D eigenvalue weighted by Gasteiger charge is 2.55. The quantitative estimate of drug-likeness (QED) is 0.244. The molecule has 3 aliphatic carbocycles. The van der Waals surface area contributed by atoms with Crippen molar-refractivity contribution >= 4 is 23.9 Å². The number of ether oxygens (including phenoxy) is 4. The highest BCUT2D eigenvalue weighted by Crippen LogP contribution is 2.50. The summed E-state index contributed by atoms with van der Waals surface area (Å²) in [4.78, 5) is 52.8. The van der Waals surface area contributed by atoms with Crippen molar-refractivity contribution in [1.29, 1.82) is 0 Å². The second-order valence-corrected chi connectivity index (χ2v) is 11.5. The average molecular weight is 529 g/mol. The zero-order valence-electron chi connectivity index (χ0n) is 23.7. The SMILES string of the molecule is CC(C)OC(=O)C1(C(=O)OC(C)C)CC2=C(/C=C\C3=C(/C=C\2)CC(C(=O)OC(C)C)(C(=O)OC(C)C)C3)C1. The van der Waals surface area contributed by atoms with E-state index < -0.39 is 34.7 Å². The van der Waals surface area contributed by atoms with Crippen molar-refractivity contribution in [2.45, 2.75) is 105 Å². The molecule has 0 heterocycles. The van der Waals surface area contributed by atoms with Crippen LogP contribution in [0.2, 0.25) is 0 Å². The fraction of sp³-hybridized carbons (Fsp3) is 0.600. The zero-order chi connectivity index (χ0) is 28.4. The standard InChI is InChI=1S/C30H40O8/c1-17(2)35-25(31)29(26(32)36-18(3)4)13-21-9-11-23-15-30(27(33)37-19(5)6,28(34)38-20(7)8)16-24(23)12-10-22(21)14-29/h9-12,17-20H,13-16H2,1-8H3/b11-9-,12-10-,21-9?,22-10?,23-11?,24-12?. The van der Waals surface area contributed by atoms with Crippen molar-refractivity contribution in [3.05, 3.63) is 46.6 Å². The van der Waals surface area contributed by atoms with Gasteiger partial charge in [-0.3, -0.25) is 19.2 Å². The van der Waals surface area contributed by atoms with Crippen LogP contribution in [-0.2, 0) is 38.1 Å². The van der Waals surface area contributed by atoms with E-state index in [2.05, 4.69) is 0 Å².